The molecule has 1 aliphatic heterocycles. The Bertz CT molecular complexity index is 236. The molecule has 0 radical (unpaired) electrons. The zero-order valence-electron chi connectivity index (χ0n) is 7.23. The number of ether oxygens (including phenoxy) is 1. The lowest BCUT2D eigenvalue weighted by Crippen LogP contribution is -2.08. The maximum absolute atomic E-state index is 8.13. The standard InChI is InChI=1S/C8H13N3O/c1-6-2-8(6)3-7(12-5-8)4-10-11-9/h6-7H,2-5H2,1H3/t6-,7-,8+/m1/s1. The average molecular weight is 167 g/mol. The van der Waals surface area contributed by atoms with Crippen molar-refractivity contribution in [3.63, 3.8) is 0 Å². The third-order valence-corrected chi connectivity index (χ3v) is 3.19. The number of rotatable bonds is 2. The van der Waals surface area contributed by atoms with Crippen LogP contribution in [0.3, 0.4) is 0 Å². The monoisotopic (exact) mass is 167 g/mol. The van der Waals surface area contributed by atoms with Gasteiger partial charge in [0.05, 0.1) is 19.3 Å². The molecule has 1 saturated carbocycles. The van der Waals surface area contributed by atoms with Gasteiger partial charge < -0.3 is 4.74 Å². The lowest BCUT2D eigenvalue weighted by atomic mass is 10.0. The van der Waals surface area contributed by atoms with E-state index in [-0.39, 0.29) is 6.10 Å². The van der Waals surface area contributed by atoms with E-state index in [0.29, 0.717) is 12.0 Å². The van der Waals surface area contributed by atoms with E-state index in [1.165, 1.54) is 6.42 Å². The van der Waals surface area contributed by atoms with E-state index < -0.39 is 0 Å². The Labute approximate surface area is 71.5 Å². The van der Waals surface area contributed by atoms with Crippen molar-refractivity contribution in [1.29, 1.82) is 0 Å². The van der Waals surface area contributed by atoms with Crippen molar-refractivity contribution in [3.05, 3.63) is 10.4 Å². The Morgan fingerprint density at radius 2 is 2.42 bits per heavy atom. The Morgan fingerprint density at radius 1 is 1.67 bits per heavy atom. The highest BCUT2D eigenvalue weighted by molar-refractivity contribution is 5.04. The molecule has 1 saturated heterocycles. The smallest absolute Gasteiger partial charge is 0.0637 e. The van der Waals surface area contributed by atoms with E-state index in [1.54, 1.807) is 0 Å². The molecule has 0 aromatic carbocycles. The Kier molecular flexibility index (Phi) is 1.74. The molecule has 2 aliphatic rings. The second-order valence-corrected chi connectivity index (χ2v) is 4.02. The van der Waals surface area contributed by atoms with Crippen molar-refractivity contribution in [3.8, 4) is 0 Å². The number of hydrogen-bond donors (Lipinski definition) is 0. The first-order valence-corrected chi connectivity index (χ1v) is 4.39. The van der Waals surface area contributed by atoms with Gasteiger partial charge in [0.2, 0.25) is 0 Å². The van der Waals surface area contributed by atoms with Crippen LogP contribution in [0.1, 0.15) is 19.8 Å². The van der Waals surface area contributed by atoms with Gasteiger partial charge in [-0.25, -0.2) is 0 Å². The van der Waals surface area contributed by atoms with Gasteiger partial charge in [-0.3, -0.25) is 0 Å². The summed E-state index contributed by atoms with van der Waals surface area (Å²) in [6.07, 6.45) is 2.57. The molecule has 2 rings (SSSR count). The third-order valence-electron chi connectivity index (χ3n) is 3.19. The third kappa shape index (κ3) is 1.17. The molecule has 1 spiro atoms. The minimum atomic E-state index is 0.186. The fourth-order valence-electron chi connectivity index (χ4n) is 2.14. The number of azide groups is 1. The largest absolute Gasteiger partial charge is 0.377 e. The summed E-state index contributed by atoms with van der Waals surface area (Å²) in [5.41, 5.74) is 8.59. The van der Waals surface area contributed by atoms with Crippen LogP contribution < -0.4 is 0 Å². The minimum Gasteiger partial charge on any atom is -0.377 e. The van der Waals surface area contributed by atoms with Crippen molar-refractivity contribution in [2.45, 2.75) is 25.9 Å². The van der Waals surface area contributed by atoms with Crippen LogP contribution >= 0.6 is 0 Å². The summed E-state index contributed by atoms with van der Waals surface area (Å²) in [5, 5.41) is 3.53. The van der Waals surface area contributed by atoms with Gasteiger partial charge >= 0.3 is 0 Å². The number of hydrogen-bond acceptors (Lipinski definition) is 2. The summed E-state index contributed by atoms with van der Waals surface area (Å²) in [4.78, 5) is 2.73. The molecule has 0 aromatic heterocycles. The highest BCUT2D eigenvalue weighted by atomic mass is 16.5. The molecular weight excluding hydrogens is 154 g/mol. The molecule has 4 nitrogen and oxygen atoms in total. The summed E-state index contributed by atoms with van der Waals surface area (Å²) in [6, 6.07) is 0. The molecule has 1 aliphatic carbocycles. The van der Waals surface area contributed by atoms with Crippen LogP contribution in [-0.2, 0) is 4.74 Å². The fraction of sp³-hybridized carbons (Fsp3) is 1.00. The zero-order chi connectivity index (χ0) is 8.60. The second-order valence-electron chi connectivity index (χ2n) is 4.02. The van der Waals surface area contributed by atoms with E-state index in [0.717, 1.165) is 18.9 Å². The van der Waals surface area contributed by atoms with Gasteiger partial charge in [-0.15, -0.1) is 0 Å². The second kappa shape index (κ2) is 2.64. The first kappa shape index (κ1) is 7.90. The van der Waals surface area contributed by atoms with Gasteiger partial charge in [0.15, 0.2) is 0 Å². The molecule has 0 amide bonds. The van der Waals surface area contributed by atoms with Crippen LogP contribution in [0.4, 0.5) is 0 Å². The molecule has 0 aromatic rings. The van der Waals surface area contributed by atoms with E-state index in [2.05, 4.69) is 16.9 Å². The maximum atomic E-state index is 8.13. The molecule has 0 unspecified atom stereocenters. The summed E-state index contributed by atoms with van der Waals surface area (Å²) >= 11 is 0. The van der Waals surface area contributed by atoms with Crippen LogP contribution in [0, 0.1) is 11.3 Å². The van der Waals surface area contributed by atoms with Crippen molar-refractivity contribution < 1.29 is 4.74 Å². The van der Waals surface area contributed by atoms with E-state index in [9.17, 15) is 0 Å². The quantitative estimate of drug-likeness (QED) is 0.353. The van der Waals surface area contributed by atoms with E-state index in [4.69, 9.17) is 10.3 Å². The van der Waals surface area contributed by atoms with Crippen molar-refractivity contribution in [1.82, 2.24) is 0 Å². The van der Waals surface area contributed by atoms with Gasteiger partial charge in [0, 0.05) is 4.91 Å². The normalized spacial score (nSPS) is 44.4. The molecular formula is C8H13N3O. The lowest BCUT2D eigenvalue weighted by Gasteiger charge is -2.03. The van der Waals surface area contributed by atoms with Crippen molar-refractivity contribution >= 4 is 0 Å². The van der Waals surface area contributed by atoms with E-state index >= 15 is 0 Å². The highest BCUT2D eigenvalue weighted by Crippen LogP contribution is 2.58. The van der Waals surface area contributed by atoms with Crippen LogP contribution in [0.2, 0.25) is 0 Å². The van der Waals surface area contributed by atoms with E-state index in [1.807, 2.05) is 0 Å². The molecule has 12 heavy (non-hydrogen) atoms. The Morgan fingerprint density at radius 3 is 2.92 bits per heavy atom. The van der Waals surface area contributed by atoms with Crippen LogP contribution in [0.25, 0.3) is 10.4 Å². The summed E-state index contributed by atoms with van der Waals surface area (Å²) in [5.74, 6) is 0.813. The zero-order valence-corrected chi connectivity index (χ0v) is 7.23. The van der Waals surface area contributed by atoms with Crippen molar-refractivity contribution in [2.75, 3.05) is 13.2 Å². The predicted molar refractivity (Wildman–Crippen MR) is 44.6 cm³/mol. The molecule has 1 heterocycles. The van der Waals surface area contributed by atoms with Gasteiger partial charge in [-0.2, -0.15) is 0 Å². The minimum absolute atomic E-state index is 0.186. The molecule has 0 bridgehead atoms. The van der Waals surface area contributed by atoms with Crippen LogP contribution in [-0.4, -0.2) is 19.3 Å². The van der Waals surface area contributed by atoms with Crippen molar-refractivity contribution in [2.24, 2.45) is 16.4 Å². The molecule has 0 N–H and O–H groups in total. The molecule has 4 heteroatoms. The lowest BCUT2D eigenvalue weighted by molar-refractivity contribution is 0.110. The number of nitrogens with zero attached hydrogens (tertiary/aromatic N) is 3. The first-order chi connectivity index (χ1) is 5.77. The molecule has 66 valence electrons. The van der Waals surface area contributed by atoms with Crippen LogP contribution in [0.15, 0.2) is 5.11 Å². The molecule has 3 atom stereocenters. The predicted octanol–water partition coefficient (Wildman–Crippen LogP) is 2.11. The average Bonchev–Trinajstić information content (AvgIpc) is 2.50. The SMILES string of the molecule is C[C@@H]1C[C@]12CO[C@@H](CN=[N+]=[N-])C2. The Hall–Kier alpha value is -0.730. The van der Waals surface area contributed by atoms with Gasteiger partial charge in [-0.1, -0.05) is 12.0 Å². The van der Waals surface area contributed by atoms with Crippen LogP contribution in [0.5, 0.6) is 0 Å². The maximum Gasteiger partial charge on any atom is 0.0637 e. The Balaban J connectivity index is 1.87. The fourth-order valence-corrected chi connectivity index (χ4v) is 2.14. The van der Waals surface area contributed by atoms with Gasteiger partial charge in [0.1, 0.15) is 0 Å². The molecule has 2 fully saturated rings. The van der Waals surface area contributed by atoms with Gasteiger partial charge in [0.25, 0.3) is 0 Å². The highest BCUT2D eigenvalue weighted by Gasteiger charge is 2.55. The summed E-state index contributed by atoms with van der Waals surface area (Å²) in [6.45, 7) is 3.64. The topological polar surface area (TPSA) is 58.0 Å². The summed E-state index contributed by atoms with van der Waals surface area (Å²) < 4.78 is 5.54. The first-order valence-electron chi connectivity index (χ1n) is 4.39. The summed E-state index contributed by atoms with van der Waals surface area (Å²) in [7, 11) is 0. The van der Waals surface area contributed by atoms with Gasteiger partial charge in [-0.05, 0) is 29.7 Å².